The molecule has 1 aliphatic carbocycles. The van der Waals surface area contributed by atoms with Gasteiger partial charge in [-0.3, -0.25) is 19.3 Å². The van der Waals surface area contributed by atoms with Gasteiger partial charge in [-0.1, -0.05) is 0 Å². The highest BCUT2D eigenvalue weighted by atomic mass is 35.5. The molecule has 0 aromatic rings. The monoisotopic (exact) mass is 449 g/mol. The molecule has 0 aromatic heterocycles. The highest BCUT2D eigenvalue weighted by Crippen LogP contribution is 2.36. The number of carbonyl (C=O) groups is 3. The third-order valence-electron chi connectivity index (χ3n) is 6.13. The molecule has 7 nitrogen and oxygen atoms in total. The summed E-state index contributed by atoms with van der Waals surface area (Å²) in [7, 11) is 0. The minimum Gasteiger partial charge on any atom is -0.481 e. The fourth-order valence-electron chi connectivity index (χ4n) is 4.60. The number of rotatable bonds is 10. The summed E-state index contributed by atoms with van der Waals surface area (Å²) in [6.07, 6.45) is 2.38. The Labute approximate surface area is 183 Å². The number of halogens is 2. The van der Waals surface area contributed by atoms with E-state index in [9.17, 15) is 19.5 Å². The summed E-state index contributed by atoms with van der Waals surface area (Å²) in [5.41, 5.74) is 0. The number of likely N-dealkylation sites (tertiary alicyclic amines) is 1. The van der Waals surface area contributed by atoms with Crippen molar-refractivity contribution in [2.75, 3.05) is 37.9 Å². The fraction of sp³-hybridized carbons (Fsp3) is 0.850. The molecule has 2 rings (SSSR count). The van der Waals surface area contributed by atoms with Crippen LogP contribution in [0, 0.1) is 11.8 Å². The van der Waals surface area contributed by atoms with Crippen LogP contribution in [0.25, 0.3) is 0 Å². The first-order valence-corrected chi connectivity index (χ1v) is 11.5. The average Bonchev–Trinajstić information content (AvgIpc) is 2.66. The Balaban J connectivity index is 1.93. The Hall–Kier alpha value is -0.890. The van der Waals surface area contributed by atoms with Gasteiger partial charge in [0.1, 0.15) is 5.92 Å². The number of nitrogens with zero attached hydrogens (tertiary/aromatic N) is 2. The minimum absolute atomic E-state index is 0.00804. The smallest absolute Gasteiger partial charge is 0.315 e. The van der Waals surface area contributed by atoms with Crippen LogP contribution < -0.4 is 5.32 Å². The molecule has 4 unspecified atom stereocenters. The van der Waals surface area contributed by atoms with Crippen molar-refractivity contribution in [2.24, 2.45) is 11.8 Å². The Morgan fingerprint density at radius 2 is 1.86 bits per heavy atom. The molecular formula is C20H33Cl2N3O4. The molecule has 1 saturated carbocycles. The zero-order chi connectivity index (χ0) is 21.6. The quantitative estimate of drug-likeness (QED) is 0.390. The molecule has 2 fully saturated rings. The van der Waals surface area contributed by atoms with Gasteiger partial charge in [-0.15, -0.1) is 23.2 Å². The lowest BCUT2D eigenvalue weighted by atomic mass is 9.72. The number of aliphatic carboxylic acids is 1. The van der Waals surface area contributed by atoms with Crippen molar-refractivity contribution in [3.63, 3.8) is 0 Å². The van der Waals surface area contributed by atoms with Crippen molar-refractivity contribution in [3.8, 4) is 0 Å². The number of hydrogen-bond acceptors (Lipinski definition) is 5. The maximum Gasteiger partial charge on any atom is 0.315 e. The molecule has 1 aliphatic heterocycles. The molecule has 1 amide bonds. The first-order valence-electron chi connectivity index (χ1n) is 10.4. The predicted octanol–water partition coefficient (Wildman–Crippen LogP) is 1.80. The van der Waals surface area contributed by atoms with Crippen molar-refractivity contribution >= 4 is 40.9 Å². The summed E-state index contributed by atoms with van der Waals surface area (Å²) >= 11 is 11.6. The average molecular weight is 450 g/mol. The number of piperidine rings is 1. The summed E-state index contributed by atoms with van der Waals surface area (Å²) in [5.74, 6) is -1.40. The van der Waals surface area contributed by atoms with E-state index < -0.39 is 11.9 Å². The normalized spacial score (nSPS) is 27.9. The first-order chi connectivity index (χ1) is 13.8. The maximum atomic E-state index is 12.7. The lowest BCUT2D eigenvalue weighted by Gasteiger charge is -2.48. The summed E-state index contributed by atoms with van der Waals surface area (Å²) in [6, 6.07) is 0.140. The number of ketones is 1. The molecule has 166 valence electrons. The Morgan fingerprint density at radius 3 is 2.41 bits per heavy atom. The Kier molecular flexibility index (Phi) is 9.66. The molecule has 4 atom stereocenters. The summed E-state index contributed by atoms with van der Waals surface area (Å²) < 4.78 is 0. The van der Waals surface area contributed by atoms with Crippen LogP contribution >= 0.6 is 23.2 Å². The van der Waals surface area contributed by atoms with Crippen LogP contribution in [0.3, 0.4) is 0 Å². The summed E-state index contributed by atoms with van der Waals surface area (Å²) in [6.45, 7) is 6.31. The van der Waals surface area contributed by atoms with Crippen LogP contribution in [0.15, 0.2) is 0 Å². The van der Waals surface area contributed by atoms with Gasteiger partial charge >= 0.3 is 5.97 Å². The number of Topliss-reactive ketones (excluding diaryl/α,β-unsaturated/α-hetero) is 1. The first kappa shape index (κ1) is 24.4. The zero-order valence-corrected chi connectivity index (χ0v) is 18.8. The van der Waals surface area contributed by atoms with Gasteiger partial charge in [-0.2, -0.15) is 0 Å². The van der Waals surface area contributed by atoms with Gasteiger partial charge in [0.2, 0.25) is 5.91 Å². The van der Waals surface area contributed by atoms with Crippen molar-refractivity contribution < 1.29 is 19.5 Å². The van der Waals surface area contributed by atoms with Gasteiger partial charge in [0.25, 0.3) is 0 Å². The number of amides is 1. The van der Waals surface area contributed by atoms with Crippen molar-refractivity contribution in [1.29, 1.82) is 0 Å². The third kappa shape index (κ3) is 6.54. The fourth-order valence-corrected chi connectivity index (χ4v) is 5.08. The highest BCUT2D eigenvalue weighted by molar-refractivity contribution is 6.18. The molecule has 0 bridgehead atoms. The van der Waals surface area contributed by atoms with Crippen LogP contribution in [-0.4, -0.2) is 88.6 Å². The van der Waals surface area contributed by atoms with Crippen LogP contribution in [-0.2, 0) is 14.4 Å². The largest absolute Gasteiger partial charge is 0.481 e. The van der Waals surface area contributed by atoms with Gasteiger partial charge in [0.15, 0.2) is 5.78 Å². The third-order valence-corrected chi connectivity index (χ3v) is 6.47. The SMILES string of the molecule is CC(C)N1CC(C(=O)O)C(=O)C2CCC(NC(=O)CCN(CCCl)CCCl)CC21. The van der Waals surface area contributed by atoms with Crippen LogP contribution in [0.5, 0.6) is 0 Å². The standard InChI is InChI=1S/C20H33Cl2N3O4/c1-13(2)25-12-16(20(28)29)19(27)15-4-3-14(11-17(15)25)23-18(26)5-8-24(9-6-21)10-7-22/h13-17H,3-12H2,1-2H3,(H,23,26)(H,28,29). The molecule has 2 aliphatic rings. The molecule has 2 N–H and O–H groups in total. The van der Waals surface area contributed by atoms with E-state index in [1.807, 2.05) is 13.8 Å². The second-order valence-corrected chi connectivity index (χ2v) is 9.06. The van der Waals surface area contributed by atoms with E-state index in [4.69, 9.17) is 23.2 Å². The predicted molar refractivity (Wildman–Crippen MR) is 114 cm³/mol. The lowest BCUT2D eigenvalue weighted by Crippen LogP contribution is -2.61. The molecule has 29 heavy (non-hydrogen) atoms. The highest BCUT2D eigenvalue weighted by Gasteiger charge is 2.48. The lowest BCUT2D eigenvalue weighted by molar-refractivity contribution is -0.155. The number of carboxylic acid groups (broad SMARTS) is 1. The number of carboxylic acids is 1. The van der Waals surface area contributed by atoms with E-state index in [1.165, 1.54) is 0 Å². The molecule has 1 heterocycles. The van der Waals surface area contributed by atoms with Gasteiger partial charge in [-0.05, 0) is 33.1 Å². The second kappa shape index (κ2) is 11.5. The topological polar surface area (TPSA) is 90.0 Å². The van der Waals surface area contributed by atoms with Crippen molar-refractivity contribution in [3.05, 3.63) is 0 Å². The van der Waals surface area contributed by atoms with E-state index in [0.717, 1.165) is 0 Å². The Morgan fingerprint density at radius 1 is 1.21 bits per heavy atom. The van der Waals surface area contributed by atoms with Crippen molar-refractivity contribution in [2.45, 2.75) is 57.7 Å². The number of carbonyl (C=O) groups excluding carboxylic acids is 2. The molecule has 0 aromatic carbocycles. The number of nitrogens with one attached hydrogen (secondary N) is 1. The van der Waals surface area contributed by atoms with E-state index in [2.05, 4.69) is 15.1 Å². The van der Waals surface area contributed by atoms with Crippen LogP contribution in [0.1, 0.15) is 39.5 Å². The molecule has 0 spiro atoms. The molecule has 9 heteroatoms. The minimum atomic E-state index is -1.03. The number of alkyl halides is 2. The van der Waals surface area contributed by atoms with Gasteiger partial charge in [0, 0.05) is 68.4 Å². The Bertz CT molecular complexity index is 584. The van der Waals surface area contributed by atoms with Gasteiger partial charge in [0.05, 0.1) is 0 Å². The van der Waals surface area contributed by atoms with Crippen molar-refractivity contribution in [1.82, 2.24) is 15.1 Å². The zero-order valence-electron chi connectivity index (χ0n) is 17.3. The van der Waals surface area contributed by atoms with Gasteiger partial charge in [-0.25, -0.2) is 0 Å². The van der Waals surface area contributed by atoms with Gasteiger partial charge < -0.3 is 15.3 Å². The number of fused-ring (bicyclic) bond motifs is 1. The van der Waals surface area contributed by atoms with Crippen LogP contribution in [0.2, 0.25) is 0 Å². The summed E-state index contributed by atoms with van der Waals surface area (Å²) in [4.78, 5) is 40.8. The summed E-state index contributed by atoms with van der Waals surface area (Å²) in [5, 5.41) is 12.5. The second-order valence-electron chi connectivity index (χ2n) is 8.30. The molecular weight excluding hydrogens is 417 g/mol. The van der Waals surface area contributed by atoms with E-state index in [1.54, 1.807) is 0 Å². The van der Waals surface area contributed by atoms with E-state index in [0.29, 0.717) is 57.1 Å². The van der Waals surface area contributed by atoms with Crippen LogP contribution in [0.4, 0.5) is 0 Å². The maximum absolute atomic E-state index is 12.7. The van der Waals surface area contributed by atoms with E-state index >= 15 is 0 Å². The number of hydrogen-bond donors (Lipinski definition) is 2. The molecule has 0 radical (unpaired) electrons. The van der Waals surface area contributed by atoms with E-state index in [-0.39, 0.29) is 42.3 Å². The molecule has 1 saturated heterocycles.